The lowest BCUT2D eigenvalue weighted by atomic mass is 10.1. The summed E-state index contributed by atoms with van der Waals surface area (Å²) in [6.07, 6.45) is 17.4. The third-order valence-electron chi connectivity index (χ3n) is 5.66. The number of hydrogen-bond donors (Lipinski definition) is 1. The Balaban J connectivity index is 0.000000389. The second kappa shape index (κ2) is 15.2. The molecule has 6 nitrogen and oxygen atoms in total. The Bertz CT molecular complexity index is 859. The molecule has 32 heavy (non-hydrogen) atoms. The normalized spacial score (nSPS) is 12.3. The van der Waals surface area contributed by atoms with Gasteiger partial charge in [-0.05, 0) is 31.9 Å². The van der Waals surface area contributed by atoms with E-state index in [4.69, 9.17) is 0 Å². The van der Waals surface area contributed by atoms with Crippen molar-refractivity contribution < 1.29 is 22.6 Å². The number of aryl methyl sites for hydroxylation is 2. The fourth-order valence-electron chi connectivity index (χ4n) is 3.62. The highest BCUT2D eigenvalue weighted by Crippen LogP contribution is 2.11. The molecule has 1 atom stereocenters. The zero-order valence-electron chi connectivity index (χ0n) is 20.3. The minimum atomic E-state index is -4.27. The van der Waals surface area contributed by atoms with Gasteiger partial charge in [-0.3, -0.25) is 0 Å². The van der Waals surface area contributed by atoms with Crippen LogP contribution in [0.1, 0.15) is 95.7 Å². The zero-order chi connectivity index (χ0) is 24.0. The zero-order valence-corrected chi connectivity index (χ0v) is 21.1. The van der Waals surface area contributed by atoms with Gasteiger partial charge in [-0.2, -0.15) is 0 Å². The monoisotopic (exact) mass is 466 g/mol. The summed E-state index contributed by atoms with van der Waals surface area (Å²) in [7, 11) is -4.27. The summed E-state index contributed by atoms with van der Waals surface area (Å²) in [4.78, 5) is -0.178. The minimum absolute atomic E-state index is 0.178. The van der Waals surface area contributed by atoms with Gasteiger partial charge in [0.2, 0.25) is 0 Å². The Labute approximate surface area is 195 Å². The Morgan fingerprint density at radius 2 is 1.44 bits per heavy atom. The Hall–Kier alpha value is -1.70. The number of rotatable bonds is 13. The first-order chi connectivity index (χ1) is 15.2. The maximum Gasteiger partial charge on any atom is 0.255 e. The maximum absolute atomic E-state index is 10.4. The van der Waals surface area contributed by atoms with Gasteiger partial charge in [0.25, 0.3) is 5.82 Å². The van der Waals surface area contributed by atoms with E-state index in [0.29, 0.717) is 0 Å². The largest absolute Gasteiger partial charge is 0.744 e. The smallest absolute Gasteiger partial charge is 0.255 e. The molecule has 182 valence electrons. The van der Waals surface area contributed by atoms with Crippen LogP contribution < -0.4 is 4.57 Å². The molecule has 1 aromatic heterocycles. The van der Waals surface area contributed by atoms with E-state index >= 15 is 0 Å². The van der Waals surface area contributed by atoms with E-state index in [0.717, 1.165) is 17.9 Å². The number of nitrogens with zero attached hydrogens (tertiary/aromatic N) is 2. The van der Waals surface area contributed by atoms with Crippen molar-refractivity contribution in [1.29, 1.82) is 0 Å². The number of imidazole rings is 1. The summed E-state index contributed by atoms with van der Waals surface area (Å²) in [6, 6.07) is 5.78. The van der Waals surface area contributed by atoms with Gasteiger partial charge >= 0.3 is 0 Å². The number of unbranched alkanes of at least 4 members (excludes halogenated alkanes) is 9. The van der Waals surface area contributed by atoms with Gasteiger partial charge in [-0.1, -0.05) is 76.0 Å². The summed E-state index contributed by atoms with van der Waals surface area (Å²) in [6.45, 7) is 9.04. The molecule has 7 heteroatoms. The molecule has 0 aliphatic heterocycles. The number of aromatic nitrogens is 2. The van der Waals surface area contributed by atoms with Crippen molar-refractivity contribution in [2.45, 2.75) is 110 Å². The van der Waals surface area contributed by atoms with Crippen molar-refractivity contribution in [1.82, 2.24) is 4.57 Å². The van der Waals surface area contributed by atoms with Crippen molar-refractivity contribution >= 4 is 10.1 Å². The van der Waals surface area contributed by atoms with E-state index in [-0.39, 0.29) is 4.90 Å². The van der Waals surface area contributed by atoms with Gasteiger partial charge in [0, 0.05) is 13.8 Å². The third-order valence-corrected chi connectivity index (χ3v) is 6.51. The lowest BCUT2D eigenvalue weighted by Gasteiger charge is -2.05. The molecule has 0 saturated carbocycles. The van der Waals surface area contributed by atoms with Crippen LogP contribution in [-0.4, -0.2) is 22.6 Å². The fourth-order valence-corrected chi connectivity index (χ4v) is 4.09. The highest BCUT2D eigenvalue weighted by Gasteiger charge is 2.14. The predicted octanol–water partition coefficient (Wildman–Crippen LogP) is 5.41. The first-order valence-corrected chi connectivity index (χ1v) is 13.3. The molecule has 1 aromatic carbocycles. The Morgan fingerprint density at radius 3 is 1.88 bits per heavy atom. The molecule has 1 unspecified atom stereocenters. The summed E-state index contributed by atoms with van der Waals surface area (Å²) in [5, 5.41) is 9.61. The minimum Gasteiger partial charge on any atom is -0.744 e. The van der Waals surface area contributed by atoms with E-state index in [1.54, 1.807) is 19.1 Å². The van der Waals surface area contributed by atoms with Crippen LogP contribution in [-0.2, 0) is 16.7 Å². The first kappa shape index (κ1) is 28.3. The molecule has 2 rings (SSSR count). The van der Waals surface area contributed by atoms with E-state index in [1.807, 2.05) is 17.7 Å². The SMILES string of the molecule is CCCCCCCCCCCC[n+]1ccn(C(C)O)c1C.Cc1ccc(S(=O)(=O)[O-])cc1. The molecule has 0 fully saturated rings. The van der Waals surface area contributed by atoms with Crippen LogP contribution in [0.25, 0.3) is 0 Å². The lowest BCUT2D eigenvalue weighted by molar-refractivity contribution is -0.703. The van der Waals surface area contributed by atoms with Crippen LogP contribution in [0, 0.1) is 13.8 Å². The molecule has 0 radical (unpaired) electrons. The van der Waals surface area contributed by atoms with Crippen molar-refractivity contribution in [2.75, 3.05) is 0 Å². The number of benzene rings is 1. The van der Waals surface area contributed by atoms with E-state index in [9.17, 15) is 18.1 Å². The average Bonchev–Trinajstić information content (AvgIpc) is 3.10. The van der Waals surface area contributed by atoms with E-state index in [1.165, 1.54) is 76.3 Å². The molecule has 0 bridgehead atoms. The predicted molar refractivity (Wildman–Crippen MR) is 127 cm³/mol. The van der Waals surface area contributed by atoms with Crippen molar-refractivity contribution in [3.63, 3.8) is 0 Å². The lowest BCUT2D eigenvalue weighted by Crippen LogP contribution is -2.35. The van der Waals surface area contributed by atoms with Gasteiger partial charge in [0.1, 0.15) is 22.5 Å². The molecule has 1 N–H and O–H groups in total. The number of aliphatic hydroxyl groups is 1. The molecule has 1 heterocycles. The molecular formula is C25H42N2O4S. The first-order valence-electron chi connectivity index (χ1n) is 11.9. The molecule has 0 amide bonds. The van der Waals surface area contributed by atoms with Gasteiger partial charge < -0.3 is 9.66 Å². The van der Waals surface area contributed by atoms with Crippen molar-refractivity contribution in [2.24, 2.45) is 0 Å². The van der Waals surface area contributed by atoms with Crippen LogP contribution >= 0.6 is 0 Å². The molecule has 0 aliphatic rings. The Morgan fingerprint density at radius 1 is 0.938 bits per heavy atom. The van der Waals surface area contributed by atoms with Crippen LogP contribution in [0.15, 0.2) is 41.6 Å². The third kappa shape index (κ3) is 11.2. The van der Waals surface area contributed by atoms with E-state index in [2.05, 4.69) is 24.6 Å². The summed E-state index contributed by atoms with van der Waals surface area (Å²) in [5.74, 6) is 1.14. The average molecular weight is 467 g/mol. The second-order valence-corrected chi connectivity index (χ2v) is 9.91. The highest BCUT2D eigenvalue weighted by atomic mass is 32.2. The van der Waals surface area contributed by atoms with Gasteiger partial charge in [-0.15, -0.1) is 0 Å². The van der Waals surface area contributed by atoms with Gasteiger partial charge in [0.15, 0.2) is 6.23 Å². The molecular weight excluding hydrogens is 424 g/mol. The maximum atomic E-state index is 10.4. The van der Waals surface area contributed by atoms with Crippen molar-refractivity contribution in [3.8, 4) is 0 Å². The van der Waals surface area contributed by atoms with Crippen molar-refractivity contribution in [3.05, 3.63) is 48.0 Å². The van der Waals surface area contributed by atoms with Crippen LogP contribution in [0.4, 0.5) is 0 Å². The number of hydrogen-bond acceptors (Lipinski definition) is 4. The number of aliphatic hydroxyl groups excluding tert-OH is 1. The standard InChI is InChI=1S/C18H35N2O.C7H8O3S/c1-4-5-6-7-8-9-10-11-12-13-14-19-15-16-20(17(19)2)18(3)21;1-6-2-4-7(5-3-6)11(8,9)10/h15-16,18,21H,4-14H2,1-3H3;2-5H,1H3,(H,8,9,10)/q+1;/p-1. The van der Waals surface area contributed by atoms with Crippen LogP contribution in [0.5, 0.6) is 0 Å². The van der Waals surface area contributed by atoms with Crippen LogP contribution in [0.2, 0.25) is 0 Å². The summed E-state index contributed by atoms with van der Waals surface area (Å²) in [5.41, 5.74) is 0.928. The summed E-state index contributed by atoms with van der Waals surface area (Å²) >= 11 is 0. The topological polar surface area (TPSA) is 86.2 Å². The van der Waals surface area contributed by atoms with E-state index < -0.39 is 16.3 Å². The highest BCUT2D eigenvalue weighted by molar-refractivity contribution is 7.85. The van der Waals surface area contributed by atoms with Crippen LogP contribution in [0.3, 0.4) is 0 Å². The molecule has 2 aromatic rings. The summed E-state index contributed by atoms with van der Waals surface area (Å²) < 4.78 is 35.3. The molecule has 0 aliphatic carbocycles. The van der Waals surface area contributed by atoms with Gasteiger partial charge in [0.05, 0.1) is 11.4 Å². The Kier molecular flexibility index (Phi) is 13.5. The second-order valence-electron chi connectivity index (χ2n) is 8.53. The van der Waals surface area contributed by atoms with Gasteiger partial charge in [-0.25, -0.2) is 17.6 Å². The molecule has 0 saturated heterocycles. The quantitative estimate of drug-likeness (QED) is 0.243. The molecule has 0 spiro atoms. The fraction of sp³-hybridized carbons (Fsp3) is 0.640.